The van der Waals surface area contributed by atoms with Crippen molar-refractivity contribution in [3.63, 3.8) is 0 Å². The molecule has 1 rings (SSSR count). The molecule has 0 saturated heterocycles. The van der Waals surface area contributed by atoms with E-state index in [1.807, 2.05) is 0 Å². The number of benzene rings is 1. The molecule has 0 spiro atoms. The van der Waals surface area contributed by atoms with Crippen molar-refractivity contribution in [3.05, 3.63) is 34.9 Å². The maximum atomic E-state index is 10.5. The van der Waals surface area contributed by atoms with Gasteiger partial charge in [0, 0.05) is 5.02 Å². The van der Waals surface area contributed by atoms with Crippen LogP contribution < -0.4 is 5.32 Å². The van der Waals surface area contributed by atoms with Crippen LogP contribution in [-0.4, -0.2) is 17.5 Å². The lowest BCUT2D eigenvalue weighted by Gasteiger charge is -2.13. The molecule has 0 radical (unpaired) electrons. The predicted molar refractivity (Wildman–Crippen MR) is 55.6 cm³/mol. The summed E-state index contributed by atoms with van der Waals surface area (Å²) in [5.74, 6) is -0.968. The van der Waals surface area contributed by atoms with E-state index in [0.717, 1.165) is 0 Å². The van der Waals surface area contributed by atoms with E-state index >= 15 is 0 Å². The molecule has 1 aromatic rings. The van der Waals surface area contributed by atoms with Crippen molar-refractivity contribution < 1.29 is 14.7 Å². The molecule has 15 heavy (non-hydrogen) atoms. The molecule has 2 N–H and O–H groups in total. The molecular formula is C10H10ClNO3. The number of carboxylic acids is 1. The van der Waals surface area contributed by atoms with Crippen molar-refractivity contribution in [2.24, 2.45) is 0 Å². The van der Waals surface area contributed by atoms with Gasteiger partial charge in [-0.2, -0.15) is 0 Å². The molecule has 0 bridgehead atoms. The van der Waals surface area contributed by atoms with Gasteiger partial charge < -0.3 is 10.4 Å². The van der Waals surface area contributed by atoms with Crippen molar-refractivity contribution in [2.45, 2.75) is 12.5 Å². The molecule has 1 atom stereocenters. The first kappa shape index (κ1) is 11.5. The minimum Gasteiger partial charge on any atom is -0.481 e. The molecule has 0 aliphatic rings. The molecule has 0 unspecified atom stereocenters. The van der Waals surface area contributed by atoms with Crippen LogP contribution in [0.1, 0.15) is 18.0 Å². The van der Waals surface area contributed by atoms with Crippen LogP contribution in [0.5, 0.6) is 0 Å². The number of hydrogen-bond acceptors (Lipinski definition) is 2. The van der Waals surface area contributed by atoms with E-state index in [0.29, 0.717) is 17.0 Å². The highest BCUT2D eigenvalue weighted by Crippen LogP contribution is 2.18. The van der Waals surface area contributed by atoms with Gasteiger partial charge in [-0.05, 0) is 17.7 Å². The Morgan fingerprint density at radius 3 is 2.53 bits per heavy atom. The summed E-state index contributed by atoms with van der Waals surface area (Å²) < 4.78 is 0. The lowest BCUT2D eigenvalue weighted by Crippen LogP contribution is -2.22. The first-order valence-corrected chi connectivity index (χ1v) is 4.68. The van der Waals surface area contributed by atoms with E-state index in [2.05, 4.69) is 5.32 Å². The van der Waals surface area contributed by atoms with Gasteiger partial charge in [0.05, 0.1) is 12.5 Å². The molecule has 4 nitrogen and oxygen atoms in total. The summed E-state index contributed by atoms with van der Waals surface area (Å²) >= 11 is 5.69. The van der Waals surface area contributed by atoms with Gasteiger partial charge in [-0.3, -0.25) is 9.59 Å². The second-order valence-electron chi connectivity index (χ2n) is 2.99. The molecule has 0 saturated carbocycles. The lowest BCUT2D eigenvalue weighted by atomic mass is 10.0. The number of carboxylic acid groups (broad SMARTS) is 1. The summed E-state index contributed by atoms with van der Waals surface area (Å²) in [7, 11) is 0. The molecule has 0 aliphatic heterocycles. The Morgan fingerprint density at radius 1 is 1.47 bits per heavy atom. The number of halogens is 1. The SMILES string of the molecule is O=CN[C@@H](CC(=O)O)c1ccc(Cl)cc1. The summed E-state index contributed by atoms with van der Waals surface area (Å²) in [6.07, 6.45) is 0.336. The molecule has 5 heteroatoms. The van der Waals surface area contributed by atoms with E-state index in [-0.39, 0.29) is 6.42 Å². The third-order valence-corrected chi connectivity index (χ3v) is 2.17. The standard InChI is InChI=1S/C10H10ClNO3/c11-8-3-1-7(2-4-8)9(12-6-13)5-10(14)15/h1-4,6,9H,5H2,(H,12,13)(H,14,15)/t9-/m0/s1. The van der Waals surface area contributed by atoms with Crippen LogP contribution in [-0.2, 0) is 9.59 Å². The number of carbonyl (C=O) groups is 2. The Bertz CT molecular complexity index is 350. The van der Waals surface area contributed by atoms with Gasteiger partial charge >= 0.3 is 5.97 Å². The van der Waals surface area contributed by atoms with Crippen LogP contribution in [0.4, 0.5) is 0 Å². The van der Waals surface area contributed by atoms with E-state index in [4.69, 9.17) is 16.7 Å². The zero-order chi connectivity index (χ0) is 11.3. The lowest BCUT2D eigenvalue weighted by molar-refractivity contribution is -0.137. The van der Waals surface area contributed by atoms with Crippen LogP contribution in [0.25, 0.3) is 0 Å². The number of amides is 1. The topological polar surface area (TPSA) is 66.4 Å². The summed E-state index contributed by atoms with van der Waals surface area (Å²) in [5, 5.41) is 11.7. The Kier molecular flexibility index (Phi) is 4.12. The van der Waals surface area contributed by atoms with E-state index in [1.165, 1.54) is 0 Å². The Labute approximate surface area is 91.9 Å². The third-order valence-electron chi connectivity index (χ3n) is 1.92. The first-order valence-electron chi connectivity index (χ1n) is 4.30. The van der Waals surface area contributed by atoms with Gasteiger partial charge in [-0.15, -0.1) is 0 Å². The second-order valence-corrected chi connectivity index (χ2v) is 3.42. The van der Waals surface area contributed by atoms with Gasteiger partial charge in [0.1, 0.15) is 0 Å². The number of nitrogens with one attached hydrogen (secondary N) is 1. The van der Waals surface area contributed by atoms with Crippen LogP contribution in [0.3, 0.4) is 0 Å². The van der Waals surface area contributed by atoms with Gasteiger partial charge in [-0.1, -0.05) is 23.7 Å². The van der Waals surface area contributed by atoms with Gasteiger partial charge in [0.15, 0.2) is 0 Å². The van der Waals surface area contributed by atoms with Crippen molar-refractivity contribution in [1.82, 2.24) is 5.32 Å². The van der Waals surface area contributed by atoms with Crippen molar-refractivity contribution in [2.75, 3.05) is 0 Å². The normalized spacial score (nSPS) is 11.8. The quantitative estimate of drug-likeness (QED) is 0.751. The van der Waals surface area contributed by atoms with Crippen LogP contribution in [0.15, 0.2) is 24.3 Å². The van der Waals surface area contributed by atoms with E-state index in [1.54, 1.807) is 24.3 Å². The van der Waals surface area contributed by atoms with Crippen LogP contribution >= 0.6 is 11.6 Å². The fourth-order valence-electron chi connectivity index (χ4n) is 1.22. The predicted octanol–water partition coefficient (Wildman–Crippen LogP) is 1.60. The average molecular weight is 228 g/mol. The summed E-state index contributed by atoms with van der Waals surface area (Å²) in [6.45, 7) is 0. The van der Waals surface area contributed by atoms with E-state index < -0.39 is 12.0 Å². The molecule has 0 aromatic heterocycles. The summed E-state index contributed by atoms with van der Waals surface area (Å²) in [4.78, 5) is 20.8. The van der Waals surface area contributed by atoms with Crippen LogP contribution in [0, 0.1) is 0 Å². The van der Waals surface area contributed by atoms with E-state index in [9.17, 15) is 9.59 Å². The highest BCUT2D eigenvalue weighted by atomic mass is 35.5. The fourth-order valence-corrected chi connectivity index (χ4v) is 1.35. The summed E-state index contributed by atoms with van der Waals surface area (Å²) in [5.41, 5.74) is 0.717. The monoisotopic (exact) mass is 227 g/mol. The molecule has 80 valence electrons. The zero-order valence-electron chi connectivity index (χ0n) is 7.81. The van der Waals surface area contributed by atoms with Crippen molar-refractivity contribution in [1.29, 1.82) is 0 Å². The largest absolute Gasteiger partial charge is 0.481 e. The molecule has 0 heterocycles. The van der Waals surface area contributed by atoms with Gasteiger partial charge in [0.25, 0.3) is 0 Å². The maximum Gasteiger partial charge on any atom is 0.305 e. The minimum absolute atomic E-state index is 0.152. The average Bonchev–Trinajstić information content (AvgIpc) is 2.17. The summed E-state index contributed by atoms with van der Waals surface area (Å²) in [6, 6.07) is 6.16. The second kappa shape index (κ2) is 5.36. The zero-order valence-corrected chi connectivity index (χ0v) is 8.57. The Hall–Kier alpha value is -1.55. The van der Waals surface area contributed by atoms with Crippen LogP contribution in [0.2, 0.25) is 5.02 Å². The molecule has 0 fully saturated rings. The number of carbonyl (C=O) groups excluding carboxylic acids is 1. The highest BCUT2D eigenvalue weighted by molar-refractivity contribution is 6.30. The fraction of sp³-hybridized carbons (Fsp3) is 0.200. The molecular weight excluding hydrogens is 218 g/mol. The minimum atomic E-state index is -0.968. The van der Waals surface area contributed by atoms with Gasteiger partial charge in [0.2, 0.25) is 6.41 Å². The van der Waals surface area contributed by atoms with Crippen molar-refractivity contribution >= 4 is 24.0 Å². The maximum absolute atomic E-state index is 10.5. The first-order chi connectivity index (χ1) is 7.13. The number of rotatable bonds is 5. The third kappa shape index (κ3) is 3.59. The van der Waals surface area contributed by atoms with Gasteiger partial charge in [-0.25, -0.2) is 0 Å². The number of hydrogen-bond donors (Lipinski definition) is 2. The molecule has 1 amide bonds. The number of aliphatic carboxylic acids is 1. The Balaban J connectivity index is 2.83. The molecule has 0 aliphatic carbocycles. The smallest absolute Gasteiger partial charge is 0.305 e. The van der Waals surface area contributed by atoms with Crippen molar-refractivity contribution in [3.8, 4) is 0 Å². The molecule has 1 aromatic carbocycles. The Morgan fingerprint density at radius 2 is 2.07 bits per heavy atom. The highest BCUT2D eigenvalue weighted by Gasteiger charge is 2.14.